The Hall–Kier alpha value is -1.51. The first kappa shape index (κ1) is 12.0. The number of carbonyl (C=O) groups excluding carboxylic acids is 1. The monoisotopic (exact) mass is 232 g/mol. The van der Waals surface area contributed by atoms with Crippen LogP contribution in [0.25, 0.3) is 0 Å². The van der Waals surface area contributed by atoms with Gasteiger partial charge < -0.3 is 10.6 Å². The van der Waals surface area contributed by atoms with E-state index in [1.54, 1.807) is 0 Å². The second-order valence-corrected chi connectivity index (χ2v) is 4.91. The quantitative estimate of drug-likeness (QED) is 0.835. The van der Waals surface area contributed by atoms with E-state index < -0.39 is 0 Å². The fourth-order valence-corrected chi connectivity index (χ4v) is 2.24. The average Bonchev–Trinajstić information content (AvgIpc) is 2.72. The molecule has 0 heterocycles. The van der Waals surface area contributed by atoms with E-state index in [-0.39, 0.29) is 11.9 Å². The maximum atomic E-state index is 11.5. The molecule has 3 heteroatoms. The molecule has 3 nitrogen and oxygen atoms in total. The summed E-state index contributed by atoms with van der Waals surface area (Å²) in [5, 5.41) is 6.03. The highest BCUT2D eigenvalue weighted by atomic mass is 16.1. The van der Waals surface area contributed by atoms with Gasteiger partial charge in [-0.1, -0.05) is 6.07 Å². The van der Waals surface area contributed by atoms with Crippen LogP contribution in [0.2, 0.25) is 0 Å². The molecular formula is C14H20N2O. The van der Waals surface area contributed by atoms with Gasteiger partial charge >= 0.3 is 0 Å². The van der Waals surface area contributed by atoms with E-state index in [1.165, 1.54) is 30.4 Å². The summed E-state index contributed by atoms with van der Waals surface area (Å²) in [5.74, 6) is 0.0421. The number of hydrogen-bond donors (Lipinski definition) is 2. The average molecular weight is 232 g/mol. The standard InChI is InChI=1S/C14H20N2O/c1-10(2)16-14(17)9-15-13-7-6-11-4-3-5-12(11)8-13/h6-8,10,15H,3-5,9H2,1-2H3,(H,16,17). The van der Waals surface area contributed by atoms with Gasteiger partial charge in [0.15, 0.2) is 0 Å². The van der Waals surface area contributed by atoms with Gasteiger partial charge in [-0.3, -0.25) is 4.79 Å². The molecule has 0 saturated carbocycles. The lowest BCUT2D eigenvalue weighted by molar-refractivity contribution is -0.119. The Morgan fingerprint density at radius 3 is 2.82 bits per heavy atom. The van der Waals surface area contributed by atoms with Crippen molar-refractivity contribution >= 4 is 11.6 Å². The van der Waals surface area contributed by atoms with Crippen LogP contribution in [0.15, 0.2) is 18.2 Å². The SMILES string of the molecule is CC(C)NC(=O)CNc1ccc2c(c1)CCC2. The number of benzene rings is 1. The van der Waals surface area contributed by atoms with Crippen LogP contribution in [0.5, 0.6) is 0 Å². The molecule has 0 saturated heterocycles. The van der Waals surface area contributed by atoms with Gasteiger partial charge in [-0.25, -0.2) is 0 Å². The highest BCUT2D eigenvalue weighted by Crippen LogP contribution is 2.24. The molecule has 17 heavy (non-hydrogen) atoms. The maximum Gasteiger partial charge on any atom is 0.239 e. The Kier molecular flexibility index (Phi) is 3.67. The largest absolute Gasteiger partial charge is 0.376 e. The topological polar surface area (TPSA) is 41.1 Å². The Morgan fingerprint density at radius 2 is 2.06 bits per heavy atom. The van der Waals surface area contributed by atoms with Crippen molar-refractivity contribution in [3.05, 3.63) is 29.3 Å². The summed E-state index contributed by atoms with van der Waals surface area (Å²) in [4.78, 5) is 11.5. The van der Waals surface area contributed by atoms with Gasteiger partial charge in [0.1, 0.15) is 0 Å². The van der Waals surface area contributed by atoms with Crippen molar-refractivity contribution in [2.75, 3.05) is 11.9 Å². The van der Waals surface area contributed by atoms with Crippen LogP contribution in [0.1, 0.15) is 31.4 Å². The smallest absolute Gasteiger partial charge is 0.239 e. The minimum Gasteiger partial charge on any atom is -0.376 e. The van der Waals surface area contributed by atoms with Crippen molar-refractivity contribution in [2.24, 2.45) is 0 Å². The van der Waals surface area contributed by atoms with Crippen LogP contribution < -0.4 is 10.6 Å². The highest BCUT2D eigenvalue weighted by Gasteiger charge is 2.11. The molecule has 0 radical (unpaired) electrons. The van der Waals surface area contributed by atoms with Crippen molar-refractivity contribution in [1.82, 2.24) is 5.32 Å². The molecule has 2 rings (SSSR count). The lowest BCUT2D eigenvalue weighted by atomic mass is 10.1. The van der Waals surface area contributed by atoms with Crippen molar-refractivity contribution in [1.29, 1.82) is 0 Å². The van der Waals surface area contributed by atoms with E-state index in [0.717, 1.165) is 5.69 Å². The highest BCUT2D eigenvalue weighted by molar-refractivity contribution is 5.80. The molecule has 1 aliphatic rings. The second kappa shape index (κ2) is 5.21. The minimum absolute atomic E-state index is 0.0421. The summed E-state index contributed by atoms with van der Waals surface area (Å²) in [6, 6.07) is 6.60. The summed E-state index contributed by atoms with van der Waals surface area (Å²) in [6.45, 7) is 4.28. The van der Waals surface area contributed by atoms with E-state index >= 15 is 0 Å². The predicted molar refractivity (Wildman–Crippen MR) is 70.2 cm³/mol. The van der Waals surface area contributed by atoms with Crippen molar-refractivity contribution in [3.8, 4) is 0 Å². The van der Waals surface area contributed by atoms with Gasteiger partial charge in [-0.2, -0.15) is 0 Å². The van der Waals surface area contributed by atoms with Crippen LogP contribution in [0, 0.1) is 0 Å². The zero-order chi connectivity index (χ0) is 12.3. The minimum atomic E-state index is 0.0421. The Labute approximate surface area is 103 Å². The summed E-state index contributed by atoms with van der Waals surface area (Å²) < 4.78 is 0. The van der Waals surface area contributed by atoms with Crippen LogP contribution in [0.4, 0.5) is 5.69 Å². The molecule has 92 valence electrons. The number of rotatable bonds is 4. The van der Waals surface area contributed by atoms with Crippen LogP contribution in [-0.4, -0.2) is 18.5 Å². The molecule has 0 atom stereocenters. The van der Waals surface area contributed by atoms with E-state index in [2.05, 4.69) is 28.8 Å². The Bertz CT molecular complexity index is 413. The number of fused-ring (bicyclic) bond motifs is 1. The van der Waals surface area contributed by atoms with Gasteiger partial charge in [-0.15, -0.1) is 0 Å². The third-order valence-corrected chi connectivity index (χ3v) is 3.00. The Morgan fingerprint density at radius 1 is 1.29 bits per heavy atom. The number of carbonyl (C=O) groups is 1. The third-order valence-electron chi connectivity index (χ3n) is 3.00. The number of nitrogens with one attached hydrogen (secondary N) is 2. The van der Waals surface area contributed by atoms with Gasteiger partial charge in [0, 0.05) is 11.7 Å². The van der Waals surface area contributed by atoms with E-state index in [1.807, 2.05) is 13.8 Å². The van der Waals surface area contributed by atoms with E-state index in [0.29, 0.717) is 6.54 Å². The van der Waals surface area contributed by atoms with Crippen LogP contribution in [0.3, 0.4) is 0 Å². The van der Waals surface area contributed by atoms with Crippen LogP contribution >= 0.6 is 0 Å². The fourth-order valence-electron chi connectivity index (χ4n) is 2.24. The number of amides is 1. The van der Waals surface area contributed by atoms with E-state index in [4.69, 9.17) is 0 Å². The number of anilines is 1. The molecule has 0 spiro atoms. The summed E-state index contributed by atoms with van der Waals surface area (Å²) in [5.41, 5.74) is 3.94. The van der Waals surface area contributed by atoms with Gasteiger partial charge in [0.2, 0.25) is 5.91 Å². The summed E-state index contributed by atoms with van der Waals surface area (Å²) >= 11 is 0. The molecule has 0 unspecified atom stereocenters. The molecular weight excluding hydrogens is 212 g/mol. The van der Waals surface area contributed by atoms with Crippen LogP contribution in [-0.2, 0) is 17.6 Å². The first-order valence-corrected chi connectivity index (χ1v) is 6.30. The Balaban J connectivity index is 1.89. The first-order valence-electron chi connectivity index (χ1n) is 6.30. The fraction of sp³-hybridized carbons (Fsp3) is 0.500. The molecule has 0 bridgehead atoms. The van der Waals surface area contributed by atoms with Gasteiger partial charge in [0.05, 0.1) is 6.54 Å². The summed E-state index contributed by atoms with van der Waals surface area (Å²) in [6.07, 6.45) is 3.62. The van der Waals surface area contributed by atoms with Crippen molar-refractivity contribution in [2.45, 2.75) is 39.2 Å². The van der Waals surface area contributed by atoms with Crippen molar-refractivity contribution < 1.29 is 4.79 Å². The first-order chi connectivity index (χ1) is 8.15. The zero-order valence-electron chi connectivity index (χ0n) is 10.5. The molecule has 1 aromatic carbocycles. The molecule has 2 N–H and O–H groups in total. The van der Waals surface area contributed by atoms with Crippen molar-refractivity contribution in [3.63, 3.8) is 0 Å². The van der Waals surface area contributed by atoms with E-state index in [9.17, 15) is 4.79 Å². The molecule has 0 fully saturated rings. The van der Waals surface area contributed by atoms with Gasteiger partial charge in [-0.05, 0) is 56.4 Å². The molecule has 1 aliphatic carbocycles. The third kappa shape index (κ3) is 3.22. The zero-order valence-corrected chi connectivity index (χ0v) is 10.5. The van der Waals surface area contributed by atoms with Gasteiger partial charge in [0.25, 0.3) is 0 Å². The second-order valence-electron chi connectivity index (χ2n) is 4.91. The lowest BCUT2D eigenvalue weighted by Gasteiger charge is -2.11. The normalized spacial score (nSPS) is 13.6. The maximum absolute atomic E-state index is 11.5. The molecule has 0 aromatic heterocycles. The molecule has 0 aliphatic heterocycles. The predicted octanol–water partition coefficient (Wildman–Crippen LogP) is 2.11. The number of aryl methyl sites for hydroxylation is 2. The number of hydrogen-bond acceptors (Lipinski definition) is 2. The summed E-state index contributed by atoms with van der Waals surface area (Å²) in [7, 11) is 0. The molecule has 1 aromatic rings. The molecule has 1 amide bonds. The lowest BCUT2D eigenvalue weighted by Crippen LogP contribution is -2.34.